The second kappa shape index (κ2) is 6.09. The average molecular weight is 243 g/mol. The molecule has 0 saturated heterocycles. The predicted octanol–water partition coefficient (Wildman–Crippen LogP) is 2.51. The summed E-state index contributed by atoms with van der Waals surface area (Å²) in [6, 6.07) is 7.66. The monoisotopic (exact) mass is 242 g/mol. The van der Waals surface area contributed by atoms with Gasteiger partial charge in [0.25, 0.3) is 0 Å². The Kier molecular flexibility index (Phi) is 5.06. The average Bonchev–Trinajstić information content (AvgIpc) is 2.30. The Bertz CT molecular complexity index is 333. The van der Waals surface area contributed by atoms with Gasteiger partial charge in [-0.2, -0.15) is 0 Å². The summed E-state index contributed by atoms with van der Waals surface area (Å²) in [6.07, 6.45) is 0.839. The third kappa shape index (κ3) is 3.67. The van der Waals surface area contributed by atoms with E-state index in [0.29, 0.717) is 18.2 Å². The maximum atomic E-state index is 6.09. The van der Waals surface area contributed by atoms with E-state index in [2.05, 4.69) is 12.2 Å². The van der Waals surface area contributed by atoms with Crippen LogP contribution in [0.4, 0.5) is 5.69 Å². The molecule has 0 spiro atoms. The van der Waals surface area contributed by atoms with Crippen molar-refractivity contribution in [2.75, 3.05) is 25.6 Å². The molecule has 0 heterocycles. The number of methoxy groups -OCH3 is 1. The fourth-order valence-corrected chi connectivity index (χ4v) is 1.61. The molecule has 90 valence electrons. The van der Waals surface area contributed by atoms with Crippen molar-refractivity contribution in [2.45, 2.75) is 18.9 Å². The SMILES string of the molecule is COCCC(C)(CN)Nc1ccccc1Cl. The summed E-state index contributed by atoms with van der Waals surface area (Å²) in [5.41, 5.74) is 6.50. The van der Waals surface area contributed by atoms with Gasteiger partial charge in [-0.3, -0.25) is 0 Å². The fourth-order valence-electron chi connectivity index (χ4n) is 1.43. The third-order valence-electron chi connectivity index (χ3n) is 2.62. The van der Waals surface area contributed by atoms with E-state index in [1.807, 2.05) is 24.3 Å². The van der Waals surface area contributed by atoms with Crippen molar-refractivity contribution in [3.05, 3.63) is 29.3 Å². The molecule has 0 saturated carbocycles. The molecule has 0 fully saturated rings. The quantitative estimate of drug-likeness (QED) is 0.806. The Morgan fingerprint density at radius 1 is 1.44 bits per heavy atom. The molecule has 0 aliphatic rings. The Hall–Kier alpha value is -0.770. The second-order valence-electron chi connectivity index (χ2n) is 4.11. The number of hydrogen-bond acceptors (Lipinski definition) is 3. The van der Waals surface area contributed by atoms with Crippen LogP contribution in [-0.4, -0.2) is 25.8 Å². The van der Waals surface area contributed by atoms with Gasteiger partial charge in [-0.1, -0.05) is 23.7 Å². The van der Waals surface area contributed by atoms with Gasteiger partial charge in [0.2, 0.25) is 0 Å². The summed E-state index contributed by atoms with van der Waals surface area (Å²) in [5, 5.41) is 4.08. The van der Waals surface area contributed by atoms with E-state index in [1.165, 1.54) is 0 Å². The van der Waals surface area contributed by atoms with Crippen molar-refractivity contribution in [3.8, 4) is 0 Å². The number of ether oxygens (including phenoxy) is 1. The molecule has 0 aliphatic heterocycles. The highest BCUT2D eigenvalue weighted by atomic mass is 35.5. The Morgan fingerprint density at radius 3 is 2.69 bits per heavy atom. The lowest BCUT2D eigenvalue weighted by Gasteiger charge is -2.30. The minimum absolute atomic E-state index is 0.193. The molecule has 1 atom stereocenters. The fraction of sp³-hybridized carbons (Fsp3) is 0.500. The zero-order chi connectivity index (χ0) is 12.0. The number of hydrogen-bond donors (Lipinski definition) is 2. The normalized spacial score (nSPS) is 14.5. The lowest BCUT2D eigenvalue weighted by molar-refractivity contribution is 0.177. The molecule has 4 heteroatoms. The van der Waals surface area contributed by atoms with Crippen LogP contribution in [0, 0.1) is 0 Å². The van der Waals surface area contributed by atoms with Crippen LogP contribution in [0.2, 0.25) is 5.02 Å². The zero-order valence-corrected chi connectivity index (χ0v) is 10.6. The summed E-state index contributed by atoms with van der Waals surface area (Å²) in [6.45, 7) is 3.27. The highest BCUT2D eigenvalue weighted by Gasteiger charge is 2.22. The van der Waals surface area contributed by atoms with Crippen molar-refractivity contribution in [3.63, 3.8) is 0 Å². The van der Waals surface area contributed by atoms with Gasteiger partial charge in [-0.25, -0.2) is 0 Å². The van der Waals surface area contributed by atoms with E-state index < -0.39 is 0 Å². The standard InChI is InChI=1S/C12H19ClN2O/c1-12(9-14,7-8-16-2)15-11-6-4-3-5-10(11)13/h3-6,15H,7-9,14H2,1-2H3. The molecule has 1 rings (SSSR count). The van der Waals surface area contributed by atoms with Crippen LogP contribution in [0.15, 0.2) is 24.3 Å². The van der Waals surface area contributed by atoms with Gasteiger partial charge >= 0.3 is 0 Å². The molecule has 16 heavy (non-hydrogen) atoms. The summed E-state index contributed by atoms with van der Waals surface area (Å²) < 4.78 is 5.08. The Morgan fingerprint density at radius 2 is 2.12 bits per heavy atom. The van der Waals surface area contributed by atoms with E-state index in [9.17, 15) is 0 Å². The maximum Gasteiger partial charge on any atom is 0.0637 e. The molecule has 0 aromatic heterocycles. The molecule has 0 bridgehead atoms. The van der Waals surface area contributed by atoms with Crippen LogP contribution in [0.5, 0.6) is 0 Å². The number of nitrogens with two attached hydrogens (primary N) is 1. The van der Waals surface area contributed by atoms with Crippen LogP contribution < -0.4 is 11.1 Å². The molecular weight excluding hydrogens is 224 g/mol. The van der Waals surface area contributed by atoms with E-state index in [0.717, 1.165) is 12.1 Å². The third-order valence-corrected chi connectivity index (χ3v) is 2.95. The molecule has 0 radical (unpaired) electrons. The van der Waals surface area contributed by atoms with Gasteiger partial charge in [-0.15, -0.1) is 0 Å². The van der Waals surface area contributed by atoms with Crippen LogP contribution in [0.3, 0.4) is 0 Å². The number of anilines is 1. The van der Waals surface area contributed by atoms with Crippen LogP contribution >= 0.6 is 11.6 Å². The van der Waals surface area contributed by atoms with Crippen molar-refractivity contribution in [1.29, 1.82) is 0 Å². The molecule has 1 aromatic rings. The zero-order valence-electron chi connectivity index (χ0n) is 9.79. The molecular formula is C12H19ClN2O. The van der Waals surface area contributed by atoms with Gasteiger partial charge in [0.1, 0.15) is 0 Å². The van der Waals surface area contributed by atoms with Gasteiger partial charge in [0.05, 0.1) is 10.7 Å². The van der Waals surface area contributed by atoms with Gasteiger partial charge in [0.15, 0.2) is 0 Å². The summed E-state index contributed by atoms with van der Waals surface area (Å²) >= 11 is 6.09. The molecule has 0 amide bonds. The first-order chi connectivity index (χ1) is 7.61. The highest BCUT2D eigenvalue weighted by molar-refractivity contribution is 6.33. The molecule has 1 aromatic carbocycles. The first-order valence-electron chi connectivity index (χ1n) is 5.33. The predicted molar refractivity (Wildman–Crippen MR) is 69.0 cm³/mol. The molecule has 3 N–H and O–H groups in total. The smallest absolute Gasteiger partial charge is 0.0637 e. The number of para-hydroxylation sites is 1. The number of halogens is 1. The molecule has 3 nitrogen and oxygen atoms in total. The second-order valence-corrected chi connectivity index (χ2v) is 4.52. The number of rotatable bonds is 6. The Balaban J connectivity index is 2.72. The summed E-state index contributed by atoms with van der Waals surface area (Å²) in [5.74, 6) is 0. The van der Waals surface area contributed by atoms with Crippen molar-refractivity contribution < 1.29 is 4.74 Å². The van der Waals surface area contributed by atoms with E-state index in [1.54, 1.807) is 7.11 Å². The van der Waals surface area contributed by atoms with E-state index in [-0.39, 0.29) is 5.54 Å². The number of benzene rings is 1. The van der Waals surface area contributed by atoms with Crippen molar-refractivity contribution in [1.82, 2.24) is 0 Å². The number of nitrogens with one attached hydrogen (secondary N) is 1. The van der Waals surface area contributed by atoms with Crippen LogP contribution in [0.1, 0.15) is 13.3 Å². The van der Waals surface area contributed by atoms with Crippen molar-refractivity contribution >= 4 is 17.3 Å². The minimum Gasteiger partial charge on any atom is -0.385 e. The van der Waals surface area contributed by atoms with Crippen molar-refractivity contribution in [2.24, 2.45) is 5.73 Å². The maximum absolute atomic E-state index is 6.09. The van der Waals surface area contributed by atoms with Gasteiger partial charge in [0, 0.05) is 25.8 Å². The lowest BCUT2D eigenvalue weighted by Crippen LogP contribution is -2.43. The highest BCUT2D eigenvalue weighted by Crippen LogP contribution is 2.25. The lowest BCUT2D eigenvalue weighted by atomic mass is 9.98. The Labute approximate surface area is 102 Å². The topological polar surface area (TPSA) is 47.3 Å². The molecule has 0 aliphatic carbocycles. The van der Waals surface area contributed by atoms with Gasteiger partial charge < -0.3 is 15.8 Å². The first kappa shape index (κ1) is 13.3. The largest absolute Gasteiger partial charge is 0.385 e. The van der Waals surface area contributed by atoms with Crippen LogP contribution in [0.25, 0.3) is 0 Å². The van der Waals surface area contributed by atoms with Gasteiger partial charge in [-0.05, 0) is 25.5 Å². The summed E-state index contributed by atoms with van der Waals surface area (Å²) in [4.78, 5) is 0. The molecule has 1 unspecified atom stereocenters. The first-order valence-corrected chi connectivity index (χ1v) is 5.71. The minimum atomic E-state index is -0.193. The van der Waals surface area contributed by atoms with E-state index >= 15 is 0 Å². The summed E-state index contributed by atoms with van der Waals surface area (Å²) in [7, 11) is 1.69. The van der Waals surface area contributed by atoms with Crippen LogP contribution in [-0.2, 0) is 4.74 Å². The van der Waals surface area contributed by atoms with E-state index in [4.69, 9.17) is 22.1 Å².